The first-order valence-corrected chi connectivity index (χ1v) is 6.25. The van der Waals surface area contributed by atoms with E-state index in [0.29, 0.717) is 13.0 Å². The van der Waals surface area contributed by atoms with Gasteiger partial charge in [0.15, 0.2) is 5.75 Å². The maximum atomic E-state index is 11.1. The highest BCUT2D eigenvalue weighted by molar-refractivity contribution is 5.49. The zero-order chi connectivity index (χ0) is 14.4. The van der Waals surface area contributed by atoms with Crippen molar-refractivity contribution in [1.82, 2.24) is 0 Å². The van der Waals surface area contributed by atoms with Gasteiger partial charge in [-0.2, -0.15) is 0 Å². The number of benzene rings is 2. The Labute approximate surface area is 117 Å². The molecule has 0 saturated heterocycles. The number of nitrogens with zero attached hydrogens (tertiary/aromatic N) is 1. The van der Waals surface area contributed by atoms with Gasteiger partial charge in [-0.3, -0.25) is 10.1 Å². The van der Waals surface area contributed by atoms with E-state index in [9.17, 15) is 10.1 Å². The van der Waals surface area contributed by atoms with Gasteiger partial charge in [0.25, 0.3) is 0 Å². The number of rotatable bonds is 6. The molecule has 0 aliphatic carbocycles. The molecule has 0 fully saturated rings. The second-order valence-electron chi connectivity index (χ2n) is 4.33. The van der Waals surface area contributed by atoms with Crippen LogP contribution in [0.3, 0.4) is 0 Å². The van der Waals surface area contributed by atoms with Crippen LogP contribution in [0.5, 0.6) is 5.75 Å². The van der Waals surface area contributed by atoms with Gasteiger partial charge in [-0.05, 0) is 23.6 Å². The predicted molar refractivity (Wildman–Crippen MR) is 77.8 cm³/mol. The molecule has 0 spiro atoms. The summed E-state index contributed by atoms with van der Waals surface area (Å²) in [7, 11) is 0. The maximum Gasteiger partial charge on any atom is 0.311 e. The minimum Gasteiger partial charge on any atom is -0.482 e. The van der Waals surface area contributed by atoms with Gasteiger partial charge in [0.05, 0.1) is 4.92 Å². The molecule has 0 aliphatic rings. The largest absolute Gasteiger partial charge is 0.482 e. The number of hydrogen-bond acceptors (Lipinski definition) is 3. The third-order valence-electron chi connectivity index (χ3n) is 2.84. The van der Waals surface area contributed by atoms with Gasteiger partial charge in [-0.25, -0.2) is 0 Å². The second-order valence-corrected chi connectivity index (χ2v) is 4.33. The van der Waals surface area contributed by atoms with Crippen molar-refractivity contribution in [3.05, 3.63) is 82.4 Å². The lowest BCUT2D eigenvalue weighted by Crippen LogP contribution is -1.99. The monoisotopic (exact) mass is 269 g/mol. The molecule has 102 valence electrons. The molecule has 0 atom stereocenters. The number of ether oxygens (including phenoxy) is 1. The average Bonchev–Trinajstić information content (AvgIpc) is 2.47. The first kappa shape index (κ1) is 13.8. The van der Waals surface area contributed by atoms with Crippen LogP contribution in [0, 0.1) is 10.1 Å². The number of hydrogen-bond donors (Lipinski definition) is 0. The van der Waals surface area contributed by atoms with E-state index in [4.69, 9.17) is 4.74 Å². The lowest BCUT2D eigenvalue weighted by Gasteiger charge is -2.08. The zero-order valence-corrected chi connectivity index (χ0v) is 11.0. The summed E-state index contributed by atoms with van der Waals surface area (Å²) in [5, 5.41) is 11.1. The molecule has 4 nitrogen and oxygen atoms in total. The van der Waals surface area contributed by atoms with E-state index in [1.165, 1.54) is 6.07 Å². The van der Waals surface area contributed by atoms with E-state index in [1.54, 1.807) is 12.1 Å². The maximum absolute atomic E-state index is 11.1. The molecule has 0 aromatic heterocycles. The summed E-state index contributed by atoms with van der Waals surface area (Å²) in [5.41, 5.74) is 1.80. The summed E-state index contributed by atoms with van der Waals surface area (Å²) in [4.78, 5) is 10.7. The highest BCUT2D eigenvalue weighted by atomic mass is 16.6. The highest BCUT2D eigenvalue weighted by Gasteiger charge is 2.15. The molecule has 0 aliphatic heterocycles. The average molecular weight is 269 g/mol. The standard InChI is InChI=1S/C16H15NO3/c1-2-6-13-9-10-16(15(11-13)17(18)19)20-12-14-7-4-3-5-8-14/h2-5,7-11H,1,6,12H2. The normalized spacial score (nSPS) is 10.0. The SMILES string of the molecule is C=CCc1ccc(OCc2ccccc2)c([N+](=O)[O-])c1. The Morgan fingerprint density at radius 1 is 1.15 bits per heavy atom. The van der Waals surface area contributed by atoms with Gasteiger partial charge in [-0.1, -0.05) is 42.5 Å². The first-order chi connectivity index (χ1) is 9.70. The smallest absolute Gasteiger partial charge is 0.311 e. The van der Waals surface area contributed by atoms with Crippen molar-refractivity contribution >= 4 is 5.69 Å². The Hall–Kier alpha value is -2.62. The molecule has 0 saturated carbocycles. The van der Waals surface area contributed by atoms with Crippen LogP contribution in [0.25, 0.3) is 0 Å². The van der Waals surface area contributed by atoms with Crippen LogP contribution in [0.1, 0.15) is 11.1 Å². The Morgan fingerprint density at radius 2 is 1.90 bits per heavy atom. The Balaban J connectivity index is 2.18. The summed E-state index contributed by atoms with van der Waals surface area (Å²) in [6, 6.07) is 14.5. The molecule has 0 radical (unpaired) electrons. The fourth-order valence-electron chi connectivity index (χ4n) is 1.86. The van der Waals surface area contributed by atoms with Gasteiger partial charge in [0, 0.05) is 6.07 Å². The predicted octanol–water partition coefficient (Wildman–Crippen LogP) is 3.90. The Kier molecular flexibility index (Phi) is 4.50. The molecular weight excluding hydrogens is 254 g/mol. The van der Waals surface area contributed by atoms with E-state index in [1.807, 2.05) is 36.4 Å². The summed E-state index contributed by atoms with van der Waals surface area (Å²) >= 11 is 0. The quantitative estimate of drug-likeness (QED) is 0.454. The lowest BCUT2D eigenvalue weighted by molar-refractivity contribution is -0.386. The van der Waals surface area contributed by atoms with Gasteiger partial charge >= 0.3 is 5.69 Å². The van der Waals surface area contributed by atoms with E-state index in [0.717, 1.165) is 11.1 Å². The molecule has 0 unspecified atom stereocenters. The fourth-order valence-corrected chi connectivity index (χ4v) is 1.86. The van der Waals surface area contributed by atoms with Crippen LogP contribution in [-0.4, -0.2) is 4.92 Å². The lowest BCUT2D eigenvalue weighted by atomic mass is 10.1. The molecule has 0 heterocycles. The Bertz CT molecular complexity index is 608. The molecule has 0 amide bonds. The minimum atomic E-state index is -0.424. The summed E-state index contributed by atoms with van der Waals surface area (Å²) in [6.45, 7) is 3.94. The summed E-state index contributed by atoms with van der Waals surface area (Å²) < 4.78 is 5.55. The van der Waals surface area contributed by atoms with E-state index < -0.39 is 4.92 Å². The van der Waals surface area contributed by atoms with Gasteiger partial charge < -0.3 is 4.74 Å². The van der Waals surface area contributed by atoms with E-state index >= 15 is 0 Å². The van der Waals surface area contributed by atoms with Crippen molar-refractivity contribution in [2.45, 2.75) is 13.0 Å². The molecule has 20 heavy (non-hydrogen) atoms. The zero-order valence-electron chi connectivity index (χ0n) is 11.0. The van der Waals surface area contributed by atoms with Crippen LogP contribution >= 0.6 is 0 Å². The minimum absolute atomic E-state index is 0.0136. The third kappa shape index (κ3) is 3.45. The van der Waals surface area contributed by atoms with Crippen molar-refractivity contribution in [3.63, 3.8) is 0 Å². The van der Waals surface area contributed by atoms with Crippen LogP contribution in [0.4, 0.5) is 5.69 Å². The topological polar surface area (TPSA) is 52.4 Å². The number of allylic oxidation sites excluding steroid dienone is 1. The molecule has 2 aromatic carbocycles. The fraction of sp³-hybridized carbons (Fsp3) is 0.125. The van der Waals surface area contributed by atoms with E-state index in [-0.39, 0.29) is 11.4 Å². The van der Waals surface area contributed by atoms with Gasteiger partial charge in [0.2, 0.25) is 0 Å². The molecule has 2 rings (SSSR count). The van der Waals surface area contributed by atoms with Gasteiger partial charge in [-0.15, -0.1) is 6.58 Å². The molecule has 0 bridgehead atoms. The van der Waals surface area contributed by atoms with Crippen molar-refractivity contribution < 1.29 is 9.66 Å². The number of nitro groups is 1. The number of nitro benzene ring substituents is 1. The van der Waals surface area contributed by atoms with Gasteiger partial charge in [0.1, 0.15) is 6.61 Å². The van der Waals surface area contributed by atoms with Crippen LogP contribution in [-0.2, 0) is 13.0 Å². The first-order valence-electron chi connectivity index (χ1n) is 6.25. The summed E-state index contributed by atoms with van der Waals surface area (Å²) in [5.74, 6) is 0.284. The molecule has 4 heteroatoms. The van der Waals surface area contributed by atoms with Crippen molar-refractivity contribution in [3.8, 4) is 5.75 Å². The van der Waals surface area contributed by atoms with Crippen molar-refractivity contribution in [1.29, 1.82) is 0 Å². The highest BCUT2D eigenvalue weighted by Crippen LogP contribution is 2.29. The van der Waals surface area contributed by atoms with Crippen LogP contribution < -0.4 is 4.74 Å². The van der Waals surface area contributed by atoms with Crippen molar-refractivity contribution in [2.75, 3.05) is 0 Å². The molecular formula is C16H15NO3. The van der Waals surface area contributed by atoms with Crippen molar-refractivity contribution in [2.24, 2.45) is 0 Å². The third-order valence-corrected chi connectivity index (χ3v) is 2.84. The molecule has 2 aromatic rings. The molecule has 0 N–H and O–H groups in total. The summed E-state index contributed by atoms with van der Waals surface area (Å²) in [6.07, 6.45) is 2.31. The van der Waals surface area contributed by atoms with Crippen LogP contribution in [0.2, 0.25) is 0 Å². The Morgan fingerprint density at radius 3 is 2.55 bits per heavy atom. The van der Waals surface area contributed by atoms with E-state index in [2.05, 4.69) is 6.58 Å². The second kappa shape index (κ2) is 6.52. The van der Waals surface area contributed by atoms with Crippen LogP contribution in [0.15, 0.2) is 61.2 Å².